The van der Waals surface area contributed by atoms with E-state index in [1.165, 1.54) is 17.0 Å². The molecule has 0 fully saturated rings. The zero-order valence-electron chi connectivity index (χ0n) is 13.2. The Morgan fingerprint density at radius 2 is 1.83 bits per heavy atom. The molecule has 1 atom stereocenters. The van der Waals surface area contributed by atoms with E-state index >= 15 is 0 Å². The molecule has 0 aliphatic carbocycles. The Hall–Kier alpha value is -2.09. The minimum absolute atomic E-state index is 0.0319. The third-order valence-corrected chi connectivity index (χ3v) is 4.83. The summed E-state index contributed by atoms with van der Waals surface area (Å²) in [5, 5.41) is 8.36. The first-order valence-corrected chi connectivity index (χ1v) is 9.03. The van der Waals surface area contributed by atoms with Crippen LogP contribution in [-0.4, -0.2) is 26.4 Å². The standard InChI is InChI=1S/C16H18ClN3O3S/c1-11(12-6-8-15(9-7-12)24(18,22)23)20(2)16(21)19-14-5-3-4-13(17)10-14/h3-11H,1-2H3,(H,19,21)(H2,18,22,23)/t11-/m0/s1. The maximum absolute atomic E-state index is 12.3. The van der Waals surface area contributed by atoms with Crippen LogP contribution < -0.4 is 10.5 Å². The number of nitrogens with two attached hydrogens (primary N) is 1. The molecule has 0 unspecified atom stereocenters. The fourth-order valence-electron chi connectivity index (χ4n) is 2.11. The molecule has 0 bridgehead atoms. The number of nitrogens with zero attached hydrogens (tertiary/aromatic N) is 1. The Labute approximate surface area is 146 Å². The normalized spacial score (nSPS) is 12.5. The van der Waals surface area contributed by atoms with Gasteiger partial charge in [0.2, 0.25) is 10.0 Å². The van der Waals surface area contributed by atoms with Crippen molar-refractivity contribution in [1.82, 2.24) is 4.90 Å². The average molecular weight is 368 g/mol. The predicted octanol–water partition coefficient (Wildman–Crippen LogP) is 3.21. The Bertz CT molecular complexity index is 838. The maximum atomic E-state index is 12.3. The van der Waals surface area contributed by atoms with Gasteiger partial charge in [0.25, 0.3) is 0 Å². The highest BCUT2D eigenvalue weighted by atomic mass is 35.5. The van der Waals surface area contributed by atoms with Crippen LogP contribution in [0.5, 0.6) is 0 Å². The Morgan fingerprint density at radius 3 is 2.38 bits per heavy atom. The van der Waals surface area contributed by atoms with Gasteiger partial charge in [0, 0.05) is 17.8 Å². The predicted molar refractivity (Wildman–Crippen MR) is 94.5 cm³/mol. The van der Waals surface area contributed by atoms with E-state index in [9.17, 15) is 13.2 Å². The number of nitrogens with one attached hydrogen (secondary N) is 1. The number of benzene rings is 2. The Kier molecular flexibility index (Phi) is 5.48. The molecule has 2 aromatic carbocycles. The summed E-state index contributed by atoms with van der Waals surface area (Å²) in [5.74, 6) is 0. The minimum Gasteiger partial charge on any atom is -0.321 e. The summed E-state index contributed by atoms with van der Waals surface area (Å²) in [6.07, 6.45) is 0. The maximum Gasteiger partial charge on any atom is 0.322 e. The molecule has 128 valence electrons. The van der Waals surface area contributed by atoms with Crippen LogP contribution in [0.1, 0.15) is 18.5 Å². The highest BCUT2D eigenvalue weighted by molar-refractivity contribution is 7.89. The minimum atomic E-state index is -3.73. The zero-order chi connectivity index (χ0) is 17.9. The molecule has 2 aromatic rings. The van der Waals surface area contributed by atoms with Crippen LogP contribution in [0.2, 0.25) is 5.02 Å². The lowest BCUT2D eigenvalue weighted by atomic mass is 10.1. The third-order valence-electron chi connectivity index (χ3n) is 3.67. The summed E-state index contributed by atoms with van der Waals surface area (Å²) >= 11 is 5.89. The smallest absolute Gasteiger partial charge is 0.321 e. The van der Waals surface area contributed by atoms with E-state index in [4.69, 9.17) is 16.7 Å². The van der Waals surface area contributed by atoms with E-state index in [1.54, 1.807) is 43.4 Å². The fourth-order valence-corrected chi connectivity index (χ4v) is 2.82. The summed E-state index contributed by atoms with van der Waals surface area (Å²) in [6, 6.07) is 12.4. The van der Waals surface area contributed by atoms with Crippen molar-refractivity contribution in [3.05, 3.63) is 59.1 Å². The van der Waals surface area contributed by atoms with E-state index in [0.717, 1.165) is 5.56 Å². The van der Waals surface area contributed by atoms with Gasteiger partial charge in [-0.15, -0.1) is 0 Å². The van der Waals surface area contributed by atoms with Crippen molar-refractivity contribution in [2.45, 2.75) is 17.9 Å². The van der Waals surface area contributed by atoms with Gasteiger partial charge >= 0.3 is 6.03 Å². The van der Waals surface area contributed by atoms with Crippen LogP contribution in [-0.2, 0) is 10.0 Å². The largest absolute Gasteiger partial charge is 0.322 e. The second kappa shape index (κ2) is 7.21. The van der Waals surface area contributed by atoms with Gasteiger partial charge in [-0.05, 0) is 42.8 Å². The second-order valence-corrected chi connectivity index (χ2v) is 7.34. The van der Waals surface area contributed by atoms with Gasteiger partial charge in [0.05, 0.1) is 10.9 Å². The first kappa shape index (κ1) is 18.3. The molecule has 0 saturated carbocycles. The van der Waals surface area contributed by atoms with Crippen molar-refractivity contribution in [2.24, 2.45) is 5.14 Å². The monoisotopic (exact) mass is 367 g/mol. The van der Waals surface area contributed by atoms with Gasteiger partial charge in [-0.25, -0.2) is 18.4 Å². The summed E-state index contributed by atoms with van der Waals surface area (Å²) in [4.78, 5) is 13.9. The van der Waals surface area contributed by atoms with Crippen LogP contribution in [0.4, 0.5) is 10.5 Å². The van der Waals surface area contributed by atoms with Crippen molar-refractivity contribution in [2.75, 3.05) is 12.4 Å². The number of amides is 2. The number of sulfonamides is 1. The average Bonchev–Trinajstić information content (AvgIpc) is 2.52. The number of hydrogen-bond donors (Lipinski definition) is 2. The van der Waals surface area contributed by atoms with E-state index in [1.807, 2.05) is 6.92 Å². The first-order chi connectivity index (χ1) is 11.2. The van der Waals surface area contributed by atoms with Crippen molar-refractivity contribution in [3.8, 4) is 0 Å². The molecular formula is C16H18ClN3O3S. The summed E-state index contributed by atoms with van der Waals surface area (Å²) in [7, 11) is -2.08. The highest BCUT2D eigenvalue weighted by Gasteiger charge is 2.18. The van der Waals surface area contributed by atoms with Crippen molar-refractivity contribution in [3.63, 3.8) is 0 Å². The van der Waals surface area contributed by atoms with Gasteiger partial charge < -0.3 is 10.2 Å². The number of urea groups is 1. The van der Waals surface area contributed by atoms with E-state index in [2.05, 4.69) is 5.32 Å². The number of primary sulfonamides is 1. The lowest BCUT2D eigenvalue weighted by Gasteiger charge is -2.25. The number of halogens is 1. The van der Waals surface area contributed by atoms with Gasteiger partial charge in [0.1, 0.15) is 0 Å². The van der Waals surface area contributed by atoms with Gasteiger partial charge in [-0.3, -0.25) is 0 Å². The zero-order valence-corrected chi connectivity index (χ0v) is 14.8. The third kappa shape index (κ3) is 4.47. The quantitative estimate of drug-likeness (QED) is 0.868. The van der Waals surface area contributed by atoms with Crippen molar-refractivity contribution < 1.29 is 13.2 Å². The Morgan fingerprint density at radius 1 is 1.21 bits per heavy atom. The van der Waals surface area contributed by atoms with Crippen molar-refractivity contribution >= 4 is 33.3 Å². The molecule has 0 aliphatic rings. The molecule has 6 nitrogen and oxygen atoms in total. The fraction of sp³-hybridized carbons (Fsp3) is 0.188. The molecular weight excluding hydrogens is 350 g/mol. The molecule has 2 rings (SSSR count). The number of carbonyl (C=O) groups excluding carboxylic acids is 1. The van der Waals surface area contributed by atoms with Crippen LogP contribution >= 0.6 is 11.6 Å². The molecule has 8 heteroatoms. The number of anilines is 1. The van der Waals surface area contributed by atoms with Gasteiger partial charge in [-0.1, -0.05) is 29.8 Å². The molecule has 0 heterocycles. The molecule has 0 spiro atoms. The van der Waals surface area contributed by atoms with Crippen LogP contribution in [0.25, 0.3) is 0 Å². The molecule has 0 aliphatic heterocycles. The van der Waals surface area contributed by atoms with Crippen molar-refractivity contribution in [1.29, 1.82) is 0 Å². The highest BCUT2D eigenvalue weighted by Crippen LogP contribution is 2.22. The second-order valence-electron chi connectivity index (χ2n) is 5.34. The van der Waals surface area contributed by atoms with Gasteiger partial charge in [-0.2, -0.15) is 0 Å². The summed E-state index contributed by atoms with van der Waals surface area (Å²) < 4.78 is 22.6. The van der Waals surface area contributed by atoms with E-state index in [-0.39, 0.29) is 17.0 Å². The number of carbonyl (C=O) groups is 1. The molecule has 3 N–H and O–H groups in total. The first-order valence-electron chi connectivity index (χ1n) is 7.10. The number of rotatable bonds is 4. The van der Waals surface area contributed by atoms with Crippen LogP contribution in [0.3, 0.4) is 0 Å². The van der Waals surface area contributed by atoms with E-state index in [0.29, 0.717) is 10.7 Å². The van der Waals surface area contributed by atoms with E-state index < -0.39 is 10.0 Å². The molecule has 0 saturated heterocycles. The van der Waals surface area contributed by atoms with Gasteiger partial charge in [0.15, 0.2) is 0 Å². The molecule has 2 amide bonds. The molecule has 0 aromatic heterocycles. The lowest BCUT2D eigenvalue weighted by molar-refractivity contribution is 0.208. The molecule has 0 radical (unpaired) electrons. The summed E-state index contributed by atoms with van der Waals surface area (Å²) in [6.45, 7) is 1.84. The lowest BCUT2D eigenvalue weighted by Crippen LogP contribution is -2.33. The topological polar surface area (TPSA) is 92.5 Å². The Balaban J connectivity index is 2.10. The van der Waals surface area contributed by atoms with Crippen LogP contribution in [0.15, 0.2) is 53.4 Å². The molecule has 24 heavy (non-hydrogen) atoms. The number of hydrogen-bond acceptors (Lipinski definition) is 3. The SMILES string of the molecule is C[C@@H](c1ccc(S(N)(=O)=O)cc1)N(C)C(=O)Nc1cccc(Cl)c1. The van der Waals surface area contributed by atoms with Crippen LogP contribution in [0, 0.1) is 0 Å². The summed E-state index contributed by atoms with van der Waals surface area (Å²) in [5.41, 5.74) is 1.38.